The van der Waals surface area contributed by atoms with Crippen LogP contribution in [0.4, 0.5) is 16.2 Å². The molecule has 0 spiro atoms. The van der Waals surface area contributed by atoms with Gasteiger partial charge in [-0.15, -0.1) is 0 Å². The highest BCUT2D eigenvalue weighted by Gasteiger charge is 2.21. The van der Waals surface area contributed by atoms with E-state index < -0.39 is 11.8 Å². The highest BCUT2D eigenvalue weighted by molar-refractivity contribution is 6.51. The first-order valence-electron chi connectivity index (χ1n) is 5.59. The number of halogens is 4. The van der Waals surface area contributed by atoms with Crippen LogP contribution < -0.4 is 10.6 Å². The van der Waals surface area contributed by atoms with Crippen molar-refractivity contribution < 1.29 is 9.90 Å². The summed E-state index contributed by atoms with van der Waals surface area (Å²) in [6.45, 7) is 0. The van der Waals surface area contributed by atoms with Crippen molar-refractivity contribution in [3.63, 3.8) is 0 Å². The summed E-state index contributed by atoms with van der Waals surface area (Å²) in [6.07, 6.45) is 0. The predicted molar refractivity (Wildman–Crippen MR) is 87.2 cm³/mol. The van der Waals surface area contributed by atoms with Gasteiger partial charge in [-0.3, -0.25) is 0 Å². The maximum absolute atomic E-state index is 11.9. The second-order valence-corrected chi connectivity index (χ2v) is 5.44. The van der Waals surface area contributed by atoms with E-state index >= 15 is 0 Å². The molecule has 4 nitrogen and oxygen atoms in total. The molecule has 0 aliphatic rings. The number of carbonyl (C=O) groups is 1. The smallest absolute Gasteiger partial charge is 0.323 e. The molecular weight excluding hydrogens is 358 g/mol. The molecule has 2 aromatic rings. The number of phenols is 1. The Morgan fingerprint density at radius 3 is 1.90 bits per heavy atom. The molecule has 0 heterocycles. The third-order valence-electron chi connectivity index (χ3n) is 2.51. The van der Waals surface area contributed by atoms with E-state index in [1.54, 1.807) is 24.3 Å². The lowest BCUT2D eigenvalue weighted by atomic mass is 10.3. The van der Waals surface area contributed by atoms with Crippen molar-refractivity contribution in [1.82, 2.24) is 0 Å². The molecule has 0 saturated carbocycles. The maximum Gasteiger partial charge on any atom is 0.323 e. The van der Waals surface area contributed by atoms with Gasteiger partial charge in [-0.2, -0.15) is 0 Å². The molecule has 0 aliphatic heterocycles. The summed E-state index contributed by atoms with van der Waals surface area (Å²) >= 11 is 23.5. The Morgan fingerprint density at radius 2 is 1.38 bits per heavy atom. The third-order valence-corrected chi connectivity index (χ3v) is 4.20. The molecule has 0 aromatic heterocycles. The number of benzene rings is 2. The van der Waals surface area contributed by atoms with Crippen LogP contribution >= 0.6 is 46.4 Å². The second kappa shape index (κ2) is 6.62. The number of phenolic OH excluding ortho intramolecular Hbond substituents is 1. The lowest BCUT2D eigenvalue weighted by Gasteiger charge is -2.14. The largest absolute Gasteiger partial charge is 0.505 e. The average molecular weight is 366 g/mol. The first-order chi connectivity index (χ1) is 9.91. The maximum atomic E-state index is 11.9. The van der Waals surface area contributed by atoms with Crippen LogP contribution in [0.3, 0.4) is 0 Å². The standard InChI is InChI=1S/C13H8Cl4N2O2/c14-7-9(16)12(20)10(17)8(15)11(7)19-13(21)18-6-4-2-1-3-5-6/h1-5,20H,(H2,18,19,21). The lowest BCUT2D eigenvalue weighted by molar-refractivity contribution is 0.262. The molecular formula is C13H8Cl4N2O2. The number of hydrogen-bond acceptors (Lipinski definition) is 2. The molecule has 2 amide bonds. The zero-order valence-corrected chi connectivity index (χ0v) is 13.3. The Morgan fingerprint density at radius 1 is 0.857 bits per heavy atom. The molecule has 3 N–H and O–H groups in total. The zero-order chi connectivity index (χ0) is 15.6. The van der Waals surface area contributed by atoms with Crippen molar-refractivity contribution in [2.45, 2.75) is 0 Å². The number of para-hydroxylation sites is 1. The van der Waals surface area contributed by atoms with Gasteiger partial charge in [0.1, 0.15) is 10.0 Å². The summed E-state index contributed by atoms with van der Waals surface area (Å²) in [5.74, 6) is -0.442. The number of anilines is 2. The van der Waals surface area contributed by atoms with Gasteiger partial charge < -0.3 is 15.7 Å². The van der Waals surface area contributed by atoms with Gasteiger partial charge in [-0.1, -0.05) is 64.6 Å². The van der Waals surface area contributed by atoms with Crippen molar-refractivity contribution in [1.29, 1.82) is 0 Å². The van der Waals surface area contributed by atoms with E-state index in [0.29, 0.717) is 5.69 Å². The molecule has 0 radical (unpaired) electrons. The SMILES string of the molecule is O=C(Nc1ccccc1)Nc1c(Cl)c(Cl)c(O)c(Cl)c1Cl. The zero-order valence-electron chi connectivity index (χ0n) is 10.3. The first-order valence-corrected chi connectivity index (χ1v) is 7.11. The van der Waals surface area contributed by atoms with Crippen molar-refractivity contribution in [2.75, 3.05) is 10.6 Å². The fraction of sp³-hybridized carbons (Fsp3) is 0. The number of hydrogen-bond donors (Lipinski definition) is 3. The minimum Gasteiger partial charge on any atom is -0.505 e. The Balaban J connectivity index is 2.26. The highest BCUT2D eigenvalue weighted by atomic mass is 35.5. The monoisotopic (exact) mass is 364 g/mol. The van der Waals surface area contributed by atoms with Crippen LogP contribution in [0.15, 0.2) is 30.3 Å². The number of amides is 2. The van der Waals surface area contributed by atoms with Gasteiger partial charge in [0, 0.05) is 5.69 Å². The molecule has 0 fully saturated rings. The van der Waals surface area contributed by atoms with Crippen molar-refractivity contribution in [3.8, 4) is 5.75 Å². The van der Waals surface area contributed by atoms with Crippen LogP contribution in [0, 0.1) is 0 Å². The van der Waals surface area contributed by atoms with Crippen LogP contribution in [0.5, 0.6) is 5.75 Å². The number of nitrogens with one attached hydrogen (secondary N) is 2. The molecule has 0 atom stereocenters. The van der Waals surface area contributed by atoms with E-state index in [-0.39, 0.29) is 25.8 Å². The topological polar surface area (TPSA) is 61.4 Å². The normalized spacial score (nSPS) is 10.3. The fourth-order valence-electron chi connectivity index (χ4n) is 1.53. The number of rotatable bonds is 2. The summed E-state index contributed by atoms with van der Waals surface area (Å²) < 4.78 is 0. The Kier molecular flexibility index (Phi) is 5.06. The van der Waals surface area contributed by atoms with E-state index in [1.807, 2.05) is 6.07 Å². The van der Waals surface area contributed by atoms with Crippen LogP contribution in [0.25, 0.3) is 0 Å². The quantitative estimate of drug-likeness (QED) is 0.475. The van der Waals surface area contributed by atoms with Crippen LogP contribution in [-0.4, -0.2) is 11.1 Å². The van der Waals surface area contributed by atoms with Crippen LogP contribution in [0.1, 0.15) is 0 Å². The molecule has 0 aliphatic carbocycles. The fourth-order valence-corrected chi connectivity index (χ4v) is 2.46. The van der Waals surface area contributed by atoms with E-state index in [1.165, 1.54) is 0 Å². The summed E-state index contributed by atoms with van der Waals surface area (Å²) in [4.78, 5) is 11.9. The van der Waals surface area contributed by atoms with Gasteiger partial charge in [0.25, 0.3) is 0 Å². The molecule has 21 heavy (non-hydrogen) atoms. The lowest BCUT2D eigenvalue weighted by Crippen LogP contribution is -2.20. The van der Waals surface area contributed by atoms with Gasteiger partial charge in [0.05, 0.1) is 15.7 Å². The van der Waals surface area contributed by atoms with Crippen molar-refractivity contribution in [3.05, 3.63) is 50.4 Å². The van der Waals surface area contributed by atoms with Crippen molar-refractivity contribution in [2.24, 2.45) is 0 Å². The number of urea groups is 1. The summed E-state index contributed by atoms with van der Waals surface area (Å²) in [5.41, 5.74) is 0.595. The summed E-state index contributed by atoms with van der Waals surface area (Å²) in [5, 5.41) is 14.0. The number of carbonyl (C=O) groups excluding carboxylic acids is 1. The van der Waals surface area contributed by atoms with Crippen molar-refractivity contribution >= 4 is 63.8 Å². The van der Waals surface area contributed by atoms with Gasteiger partial charge in [-0.25, -0.2) is 4.79 Å². The van der Waals surface area contributed by atoms with Crippen LogP contribution in [-0.2, 0) is 0 Å². The van der Waals surface area contributed by atoms with Gasteiger partial charge in [0.2, 0.25) is 0 Å². The Bertz CT molecular complexity index is 663. The molecule has 0 unspecified atom stereocenters. The molecule has 0 bridgehead atoms. The second-order valence-electron chi connectivity index (χ2n) is 3.92. The van der Waals surface area contributed by atoms with E-state index in [2.05, 4.69) is 10.6 Å². The van der Waals surface area contributed by atoms with Crippen LogP contribution in [0.2, 0.25) is 20.1 Å². The minimum absolute atomic E-state index is 0.0135. The summed E-state index contributed by atoms with van der Waals surface area (Å²) in [6, 6.07) is 8.19. The van der Waals surface area contributed by atoms with Gasteiger partial charge in [0.15, 0.2) is 5.75 Å². The summed E-state index contributed by atoms with van der Waals surface area (Å²) in [7, 11) is 0. The highest BCUT2D eigenvalue weighted by Crippen LogP contribution is 2.48. The average Bonchev–Trinajstić information content (AvgIpc) is 2.48. The predicted octanol–water partition coefficient (Wildman–Crippen LogP) is 5.65. The number of aromatic hydroxyl groups is 1. The molecule has 2 rings (SSSR count). The van der Waals surface area contributed by atoms with Gasteiger partial charge >= 0.3 is 6.03 Å². The van der Waals surface area contributed by atoms with E-state index in [4.69, 9.17) is 46.4 Å². The molecule has 8 heteroatoms. The third kappa shape index (κ3) is 3.47. The minimum atomic E-state index is -0.581. The Hall–Kier alpha value is -1.33. The molecule has 2 aromatic carbocycles. The van der Waals surface area contributed by atoms with E-state index in [9.17, 15) is 9.90 Å². The first kappa shape index (κ1) is 16.0. The van der Waals surface area contributed by atoms with Gasteiger partial charge in [-0.05, 0) is 12.1 Å². The molecule has 110 valence electrons. The Labute approximate surface area is 140 Å². The molecule has 0 saturated heterocycles. The van der Waals surface area contributed by atoms with E-state index in [0.717, 1.165) is 0 Å².